The zero-order valence-corrected chi connectivity index (χ0v) is 14.7. The van der Waals surface area contributed by atoms with Crippen molar-refractivity contribution < 1.29 is 9.32 Å². The van der Waals surface area contributed by atoms with Crippen LogP contribution in [0.3, 0.4) is 0 Å². The standard InChI is InChI=1S/C16H15ClN4O2S/c1-3-9(2)12-8-13(23-20-12)15(22)19-16-18-14(21-24-16)10-6-4-5-7-11(10)17/h4-9H,3H2,1-2H3,(H,18,19,21,22). The van der Waals surface area contributed by atoms with Crippen molar-refractivity contribution in [2.24, 2.45) is 0 Å². The fraction of sp³-hybridized carbons (Fsp3) is 0.250. The molecular weight excluding hydrogens is 348 g/mol. The lowest BCUT2D eigenvalue weighted by Gasteiger charge is -2.00. The van der Waals surface area contributed by atoms with E-state index in [-0.39, 0.29) is 11.7 Å². The molecule has 2 heterocycles. The molecule has 2 aromatic heterocycles. The highest BCUT2D eigenvalue weighted by Crippen LogP contribution is 2.28. The van der Waals surface area contributed by atoms with E-state index < -0.39 is 5.91 Å². The molecule has 24 heavy (non-hydrogen) atoms. The Bertz CT molecular complexity index is 861. The predicted molar refractivity (Wildman–Crippen MR) is 93.5 cm³/mol. The first-order chi connectivity index (χ1) is 11.6. The minimum atomic E-state index is -0.404. The van der Waals surface area contributed by atoms with Crippen molar-refractivity contribution in [1.82, 2.24) is 14.5 Å². The Balaban J connectivity index is 1.74. The van der Waals surface area contributed by atoms with Crippen molar-refractivity contribution >= 4 is 34.2 Å². The van der Waals surface area contributed by atoms with Crippen molar-refractivity contribution in [3.8, 4) is 11.4 Å². The summed E-state index contributed by atoms with van der Waals surface area (Å²) in [5.74, 6) is 0.459. The van der Waals surface area contributed by atoms with Gasteiger partial charge in [0.15, 0.2) is 5.82 Å². The molecule has 1 amide bonds. The minimum absolute atomic E-state index is 0.153. The number of hydrogen-bond acceptors (Lipinski definition) is 6. The number of rotatable bonds is 5. The molecule has 3 rings (SSSR count). The van der Waals surface area contributed by atoms with Gasteiger partial charge in [0.25, 0.3) is 5.91 Å². The molecule has 0 spiro atoms. The second-order valence-electron chi connectivity index (χ2n) is 5.28. The Morgan fingerprint density at radius 2 is 2.21 bits per heavy atom. The minimum Gasteiger partial charge on any atom is -0.351 e. The van der Waals surface area contributed by atoms with Gasteiger partial charge in [-0.3, -0.25) is 10.1 Å². The molecule has 8 heteroatoms. The number of hydrogen-bond donors (Lipinski definition) is 1. The molecule has 6 nitrogen and oxygen atoms in total. The number of anilines is 1. The number of carbonyl (C=O) groups is 1. The Hall–Kier alpha value is -2.25. The molecule has 1 atom stereocenters. The van der Waals surface area contributed by atoms with Crippen LogP contribution in [0.15, 0.2) is 34.9 Å². The first kappa shape index (κ1) is 16.6. The number of halogens is 1. The van der Waals surface area contributed by atoms with Crippen molar-refractivity contribution in [1.29, 1.82) is 0 Å². The molecule has 0 aliphatic rings. The summed E-state index contributed by atoms with van der Waals surface area (Å²) in [5.41, 5.74) is 1.48. The molecule has 0 fully saturated rings. The number of carbonyl (C=O) groups excluding carboxylic acids is 1. The van der Waals surface area contributed by atoms with Crippen molar-refractivity contribution in [2.45, 2.75) is 26.2 Å². The highest BCUT2D eigenvalue weighted by atomic mass is 35.5. The normalized spacial score (nSPS) is 12.1. The summed E-state index contributed by atoms with van der Waals surface area (Å²) in [4.78, 5) is 16.5. The second kappa shape index (κ2) is 7.11. The van der Waals surface area contributed by atoms with Crippen LogP contribution in [0.2, 0.25) is 5.02 Å². The summed E-state index contributed by atoms with van der Waals surface area (Å²) in [6, 6.07) is 8.93. The van der Waals surface area contributed by atoms with Crippen molar-refractivity contribution in [2.75, 3.05) is 5.32 Å². The lowest BCUT2D eigenvalue weighted by Crippen LogP contribution is -2.10. The van der Waals surface area contributed by atoms with Gasteiger partial charge in [-0.05, 0) is 18.6 Å². The van der Waals surface area contributed by atoms with Gasteiger partial charge < -0.3 is 4.52 Å². The van der Waals surface area contributed by atoms with E-state index in [1.54, 1.807) is 12.1 Å². The van der Waals surface area contributed by atoms with E-state index in [2.05, 4.69) is 26.8 Å². The van der Waals surface area contributed by atoms with Gasteiger partial charge in [-0.1, -0.05) is 42.7 Å². The third-order valence-corrected chi connectivity index (χ3v) is 4.59. The number of benzene rings is 1. The van der Waals surface area contributed by atoms with E-state index in [1.165, 1.54) is 0 Å². The lowest BCUT2D eigenvalue weighted by molar-refractivity contribution is 0.0987. The molecule has 0 saturated heterocycles. The van der Waals surface area contributed by atoms with Crippen LogP contribution in [0.1, 0.15) is 42.4 Å². The molecule has 1 aromatic carbocycles. The van der Waals surface area contributed by atoms with Crippen LogP contribution in [0.4, 0.5) is 5.13 Å². The van der Waals surface area contributed by atoms with Gasteiger partial charge in [-0.2, -0.15) is 9.36 Å². The second-order valence-corrected chi connectivity index (χ2v) is 6.44. The monoisotopic (exact) mass is 362 g/mol. The summed E-state index contributed by atoms with van der Waals surface area (Å²) >= 11 is 7.21. The molecule has 0 radical (unpaired) electrons. The quantitative estimate of drug-likeness (QED) is 0.716. The summed E-state index contributed by atoms with van der Waals surface area (Å²) in [5, 5.41) is 7.52. The van der Waals surface area contributed by atoms with Crippen LogP contribution in [0, 0.1) is 0 Å². The van der Waals surface area contributed by atoms with Crippen LogP contribution in [0.5, 0.6) is 0 Å². The number of nitrogens with zero attached hydrogens (tertiary/aromatic N) is 3. The van der Waals surface area contributed by atoms with E-state index in [4.69, 9.17) is 16.1 Å². The Labute approximate surface area is 148 Å². The van der Waals surface area contributed by atoms with Crippen molar-refractivity contribution in [3.63, 3.8) is 0 Å². The molecule has 0 aliphatic carbocycles. The van der Waals surface area contributed by atoms with Crippen LogP contribution in [0.25, 0.3) is 11.4 Å². The molecule has 1 unspecified atom stereocenters. The molecule has 3 aromatic rings. The fourth-order valence-electron chi connectivity index (χ4n) is 2.02. The number of aromatic nitrogens is 3. The van der Waals surface area contributed by atoms with Crippen LogP contribution in [-0.2, 0) is 0 Å². The van der Waals surface area contributed by atoms with E-state index in [0.29, 0.717) is 16.0 Å². The zero-order chi connectivity index (χ0) is 17.1. The molecule has 124 valence electrons. The lowest BCUT2D eigenvalue weighted by atomic mass is 10.1. The highest BCUT2D eigenvalue weighted by Gasteiger charge is 2.18. The third-order valence-electron chi connectivity index (χ3n) is 3.63. The van der Waals surface area contributed by atoms with Gasteiger partial charge in [0.1, 0.15) is 0 Å². The molecule has 0 aliphatic heterocycles. The maximum absolute atomic E-state index is 12.2. The van der Waals surface area contributed by atoms with E-state index in [0.717, 1.165) is 29.2 Å². The summed E-state index contributed by atoms with van der Waals surface area (Å²) in [7, 11) is 0. The summed E-state index contributed by atoms with van der Waals surface area (Å²) in [6.07, 6.45) is 0.922. The van der Waals surface area contributed by atoms with Gasteiger partial charge in [0.05, 0.1) is 10.7 Å². The van der Waals surface area contributed by atoms with Crippen LogP contribution < -0.4 is 5.32 Å². The molecule has 0 bridgehead atoms. The average molecular weight is 363 g/mol. The van der Waals surface area contributed by atoms with Crippen LogP contribution in [-0.4, -0.2) is 20.4 Å². The SMILES string of the molecule is CCC(C)c1cc(C(=O)Nc2nc(-c3ccccc3Cl)ns2)on1. The number of nitrogens with one attached hydrogen (secondary N) is 1. The van der Waals surface area contributed by atoms with E-state index >= 15 is 0 Å². The van der Waals surface area contributed by atoms with Crippen LogP contribution >= 0.6 is 23.1 Å². The molecule has 1 N–H and O–H groups in total. The Morgan fingerprint density at radius 1 is 1.42 bits per heavy atom. The maximum Gasteiger partial charge on any atom is 0.296 e. The third kappa shape index (κ3) is 3.47. The molecule has 0 saturated carbocycles. The van der Waals surface area contributed by atoms with E-state index in [1.807, 2.05) is 25.1 Å². The van der Waals surface area contributed by atoms with Gasteiger partial charge >= 0.3 is 0 Å². The van der Waals surface area contributed by atoms with Gasteiger partial charge in [-0.15, -0.1) is 0 Å². The smallest absolute Gasteiger partial charge is 0.296 e. The van der Waals surface area contributed by atoms with E-state index in [9.17, 15) is 4.79 Å². The fourth-order valence-corrected chi connectivity index (χ4v) is 2.82. The summed E-state index contributed by atoms with van der Waals surface area (Å²) < 4.78 is 9.33. The zero-order valence-electron chi connectivity index (χ0n) is 13.1. The highest BCUT2D eigenvalue weighted by molar-refractivity contribution is 7.10. The molecular formula is C16H15ClN4O2S. The van der Waals surface area contributed by atoms with Gasteiger partial charge in [0, 0.05) is 29.1 Å². The maximum atomic E-state index is 12.2. The van der Waals surface area contributed by atoms with Gasteiger partial charge in [0.2, 0.25) is 10.9 Å². The summed E-state index contributed by atoms with van der Waals surface area (Å²) in [6.45, 7) is 4.08. The Morgan fingerprint density at radius 3 is 2.96 bits per heavy atom. The predicted octanol–water partition coefficient (Wildman–Crippen LogP) is 4.61. The first-order valence-corrected chi connectivity index (χ1v) is 8.60. The van der Waals surface area contributed by atoms with Gasteiger partial charge in [-0.25, -0.2) is 0 Å². The average Bonchev–Trinajstić information content (AvgIpc) is 3.24. The largest absolute Gasteiger partial charge is 0.351 e. The number of amides is 1. The van der Waals surface area contributed by atoms with Crippen molar-refractivity contribution in [3.05, 3.63) is 46.8 Å². The first-order valence-electron chi connectivity index (χ1n) is 7.45. The Kier molecular flexibility index (Phi) is 4.92. The topological polar surface area (TPSA) is 80.9 Å².